The summed E-state index contributed by atoms with van der Waals surface area (Å²) >= 11 is 19.1. The van der Waals surface area contributed by atoms with Gasteiger partial charge in [0.05, 0.1) is 30.1 Å². The number of rotatable bonds is 15. The van der Waals surface area contributed by atoms with Gasteiger partial charge in [-0.1, -0.05) is 108 Å². The van der Waals surface area contributed by atoms with E-state index >= 15 is 4.79 Å². The molecule has 1 N–H and O–H groups in total. The monoisotopic (exact) mass is 1340 g/mol. The van der Waals surface area contributed by atoms with Crippen LogP contribution in [-0.4, -0.2) is 153 Å². The molecule has 95 heavy (non-hydrogen) atoms. The smallest absolute Gasteiger partial charge is 0.410 e. The molecule has 0 saturated carbocycles. The number of aryl methyl sites for hydroxylation is 6. The highest BCUT2D eigenvalue weighted by molar-refractivity contribution is 6.31. The summed E-state index contributed by atoms with van der Waals surface area (Å²) in [5, 5.41) is 4.58. The number of hydrogen-bond acceptors (Lipinski definition) is 12. The Kier molecular flexibility index (Phi) is 23.9. The standard InChI is InChI=1S/C37H43ClN6O3.C23H33N5O3.C14H11Cl2N/c1-37(2,3)47-36(46)43-21-22-44(34-31-15-14-30(38)23-29(31)13-12-28-11-7-16-40-33(28)34)32(25-43)35(45)42(24-27-9-5-4-6-10-27)19-8-18-41-20-17-39-26-41;1-23(2,3)31-22(30)28-15-11-25-20(17-28)21(29)27(16-19-8-5-4-6-9-19)13-7-12-26-14-10-24-18-26;15-11-5-6-12-10(8-11)4-3-9-2-1-7-17-14(9)13(12)16/h4-7,9-11,14-17,20,23,26,32,34H,8,12-13,18-19,21-22,24-25H2,1-3H3;4-6,8-10,14,18,20,25H,7,11-13,15-17H2,1-3H3;1-2,5-8,13H,3-4H2/t32-,34?;20-;/m11./s1. The predicted molar refractivity (Wildman–Crippen MR) is 371 cm³/mol. The van der Waals surface area contributed by atoms with Crippen LogP contribution in [0.15, 0.2) is 171 Å². The maximum absolute atomic E-state index is 15.0. The van der Waals surface area contributed by atoms with E-state index in [1.165, 1.54) is 11.1 Å². The minimum absolute atomic E-state index is 0.00254. The summed E-state index contributed by atoms with van der Waals surface area (Å²) < 4.78 is 15.3. The number of nitrogens with one attached hydrogen (secondary N) is 1. The summed E-state index contributed by atoms with van der Waals surface area (Å²) in [6.07, 6.45) is 19.0. The predicted octanol–water partition coefficient (Wildman–Crippen LogP) is 12.8. The molecule has 6 heterocycles. The summed E-state index contributed by atoms with van der Waals surface area (Å²) in [4.78, 5) is 81.3. The molecule has 500 valence electrons. The molecule has 0 spiro atoms. The number of imidazole rings is 2. The van der Waals surface area contributed by atoms with Crippen molar-refractivity contribution >= 4 is 58.8 Å². The first-order valence-electron chi connectivity index (χ1n) is 32.8. The number of ether oxygens (including phenoxy) is 2. The van der Waals surface area contributed by atoms with Crippen LogP contribution < -0.4 is 5.32 Å². The van der Waals surface area contributed by atoms with Crippen molar-refractivity contribution in [1.29, 1.82) is 0 Å². The topological polar surface area (TPSA) is 176 Å². The zero-order chi connectivity index (χ0) is 67.1. The Bertz CT molecular complexity index is 3810. The molecule has 2 fully saturated rings. The minimum atomic E-state index is -0.650. The Hall–Kier alpha value is -8.13. The van der Waals surface area contributed by atoms with Crippen molar-refractivity contribution < 1.29 is 28.7 Å². The Morgan fingerprint density at radius 2 is 1.05 bits per heavy atom. The molecule has 12 rings (SSSR count). The Balaban J connectivity index is 0.000000174. The molecule has 2 saturated heterocycles. The van der Waals surface area contributed by atoms with E-state index in [0.717, 1.165) is 101 Å². The van der Waals surface area contributed by atoms with Gasteiger partial charge in [-0.3, -0.25) is 24.5 Å². The lowest BCUT2D eigenvalue weighted by atomic mass is 9.94. The van der Waals surface area contributed by atoms with Crippen LogP contribution in [0.4, 0.5) is 9.59 Å². The molecule has 0 bridgehead atoms. The second-order valence-electron chi connectivity index (χ2n) is 26.5. The minimum Gasteiger partial charge on any atom is -0.444 e. The van der Waals surface area contributed by atoms with Crippen molar-refractivity contribution in [3.8, 4) is 0 Å². The van der Waals surface area contributed by atoms with Crippen molar-refractivity contribution in [3.63, 3.8) is 0 Å². The highest BCUT2D eigenvalue weighted by Gasteiger charge is 2.44. The van der Waals surface area contributed by atoms with Crippen molar-refractivity contribution in [1.82, 2.24) is 58.9 Å². The Morgan fingerprint density at radius 3 is 1.59 bits per heavy atom. The van der Waals surface area contributed by atoms with Gasteiger partial charge < -0.3 is 43.5 Å². The average molecular weight is 1350 g/mol. The summed E-state index contributed by atoms with van der Waals surface area (Å²) in [6, 6.07) is 38.8. The molecule has 2 aliphatic heterocycles. The van der Waals surface area contributed by atoms with E-state index in [4.69, 9.17) is 49.3 Å². The van der Waals surface area contributed by atoms with E-state index in [2.05, 4.69) is 43.4 Å². The van der Waals surface area contributed by atoms with Crippen LogP contribution in [0.5, 0.6) is 0 Å². The number of amides is 4. The lowest BCUT2D eigenvalue weighted by Gasteiger charge is -2.46. The highest BCUT2D eigenvalue weighted by atomic mass is 35.5. The van der Waals surface area contributed by atoms with E-state index < -0.39 is 29.4 Å². The first-order chi connectivity index (χ1) is 45.7. The highest BCUT2D eigenvalue weighted by Crippen LogP contribution is 2.40. The number of nitrogens with zero attached hydrogens (tertiary/aromatic N) is 11. The maximum Gasteiger partial charge on any atom is 0.410 e. The van der Waals surface area contributed by atoms with Gasteiger partial charge in [0, 0.05) is 126 Å². The molecule has 4 atom stereocenters. The summed E-state index contributed by atoms with van der Waals surface area (Å²) in [7, 11) is 0. The van der Waals surface area contributed by atoms with Crippen LogP contribution in [-0.2, 0) is 70.9 Å². The molecular formula is C74H87Cl3N12O6. The van der Waals surface area contributed by atoms with E-state index in [-0.39, 0.29) is 35.9 Å². The van der Waals surface area contributed by atoms with Gasteiger partial charge in [0.15, 0.2) is 0 Å². The number of hydrogen-bond donors (Lipinski definition) is 1. The quantitative estimate of drug-likeness (QED) is 0.0963. The summed E-state index contributed by atoms with van der Waals surface area (Å²) in [5.74, 6) is -0.0206. The zero-order valence-corrected chi connectivity index (χ0v) is 57.5. The van der Waals surface area contributed by atoms with Crippen LogP contribution in [0.25, 0.3) is 0 Å². The molecule has 4 aromatic heterocycles. The lowest BCUT2D eigenvalue weighted by Crippen LogP contribution is -2.61. The Morgan fingerprint density at radius 1 is 0.558 bits per heavy atom. The maximum atomic E-state index is 15.0. The molecule has 4 aliphatic rings. The van der Waals surface area contributed by atoms with Crippen molar-refractivity contribution in [2.24, 2.45) is 0 Å². The third-order valence-electron chi connectivity index (χ3n) is 17.1. The normalized spacial score (nSPS) is 17.7. The first-order valence-corrected chi connectivity index (χ1v) is 34.0. The fourth-order valence-corrected chi connectivity index (χ4v) is 13.4. The fraction of sp³-hybridized carbons (Fsp3) is 0.405. The van der Waals surface area contributed by atoms with Gasteiger partial charge in [-0.2, -0.15) is 0 Å². The number of carbonyl (C=O) groups excluding carboxylic acids is 4. The second kappa shape index (κ2) is 32.5. The third-order valence-corrected chi connectivity index (χ3v) is 18.0. The Labute approximate surface area is 573 Å². The first kappa shape index (κ1) is 69.7. The molecule has 2 aliphatic carbocycles. The molecule has 4 aromatic carbocycles. The van der Waals surface area contributed by atoms with Crippen LogP contribution >= 0.6 is 34.8 Å². The number of halogens is 3. The number of aromatic nitrogens is 6. The fourth-order valence-electron chi connectivity index (χ4n) is 12.6. The number of fused-ring (bicyclic) bond motifs is 4. The molecule has 4 amide bonds. The van der Waals surface area contributed by atoms with Gasteiger partial charge in [0.2, 0.25) is 11.8 Å². The van der Waals surface area contributed by atoms with Gasteiger partial charge in [0.1, 0.15) is 28.7 Å². The molecule has 0 radical (unpaired) electrons. The van der Waals surface area contributed by atoms with E-state index in [1.807, 2.05) is 182 Å². The summed E-state index contributed by atoms with van der Waals surface area (Å²) in [5.41, 5.74) is 9.87. The third kappa shape index (κ3) is 19.3. The summed E-state index contributed by atoms with van der Waals surface area (Å²) in [6.45, 7) is 17.3. The largest absolute Gasteiger partial charge is 0.444 e. The van der Waals surface area contributed by atoms with Crippen LogP contribution in [0.2, 0.25) is 10.0 Å². The number of benzene rings is 4. The van der Waals surface area contributed by atoms with Crippen molar-refractivity contribution in [3.05, 3.63) is 237 Å². The van der Waals surface area contributed by atoms with Gasteiger partial charge in [-0.15, -0.1) is 11.6 Å². The van der Waals surface area contributed by atoms with Crippen LogP contribution in [0, 0.1) is 0 Å². The number of alkyl halides is 1. The number of pyridine rings is 2. The van der Waals surface area contributed by atoms with Crippen molar-refractivity contribution in [2.75, 3.05) is 52.4 Å². The van der Waals surface area contributed by atoms with Crippen LogP contribution in [0.3, 0.4) is 0 Å². The van der Waals surface area contributed by atoms with E-state index in [0.29, 0.717) is 63.9 Å². The lowest BCUT2D eigenvalue weighted by molar-refractivity contribution is -0.141. The van der Waals surface area contributed by atoms with Crippen molar-refractivity contribution in [2.45, 2.75) is 141 Å². The molecule has 2 unspecified atom stereocenters. The average Bonchev–Trinajstić information content (AvgIpc) is 1.76. The van der Waals surface area contributed by atoms with Crippen LogP contribution in [0.1, 0.15) is 122 Å². The second-order valence-corrected chi connectivity index (χ2v) is 27.8. The van der Waals surface area contributed by atoms with E-state index in [9.17, 15) is 14.4 Å². The molecule has 8 aromatic rings. The molecule has 18 nitrogen and oxygen atoms in total. The number of carbonyl (C=O) groups is 4. The van der Waals surface area contributed by atoms with Gasteiger partial charge >= 0.3 is 12.2 Å². The van der Waals surface area contributed by atoms with Gasteiger partial charge in [-0.05, 0) is 161 Å². The van der Waals surface area contributed by atoms with E-state index in [1.54, 1.807) is 41.0 Å². The van der Waals surface area contributed by atoms with Gasteiger partial charge in [0.25, 0.3) is 0 Å². The zero-order valence-electron chi connectivity index (χ0n) is 55.2. The molecule has 21 heteroatoms. The SMILES string of the molecule is CC(C)(C)OC(=O)N1CCN(C2c3ccc(Cl)cc3CCc3cccnc32)[C@@H](C(=O)N(CCCn2ccnc2)Cc2ccccc2)C1.CC(C)(C)OC(=O)N1CCN[C@@H](C(=O)N(CCCn2ccnc2)Cc2ccccc2)C1.Clc1ccc2c(c1)CCc1cccnc1C2Cl. The molecular weight excluding hydrogens is 1260 g/mol. The van der Waals surface area contributed by atoms with Gasteiger partial charge in [-0.25, -0.2) is 19.6 Å². The number of piperazine rings is 2.